The second kappa shape index (κ2) is 17.5. The van der Waals surface area contributed by atoms with Gasteiger partial charge in [0.05, 0.1) is 0 Å². The maximum atomic E-state index is 6.28. The molecule has 0 rings (SSSR count). The molecule has 0 aromatic carbocycles. The van der Waals surface area contributed by atoms with Crippen molar-refractivity contribution in [1.82, 2.24) is 0 Å². The lowest BCUT2D eigenvalue weighted by molar-refractivity contribution is 0.163. The normalized spacial score (nSPS) is 11.3. The van der Waals surface area contributed by atoms with E-state index < -0.39 is 8.56 Å². The van der Waals surface area contributed by atoms with Gasteiger partial charge in [-0.3, -0.25) is 0 Å². The van der Waals surface area contributed by atoms with Crippen molar-refractivity contribution < 1.29 is 8.85 Å². The van der Waals surface area contributed by atoms with Crippen LogP contribution in [0.25, 0.3) is 0 Å². The van der Waals surface area contributed by atoms with Crippen molar-refractivity contribution in [1.29, 1.82) is 0 Å². The zero-order chi connectivity index (χ0) is 17.9. The molecule has 0 saturated heterocycles. The summed E-state index contributed by atoms with van der Waals surface area (Å²) >= 11 is 0. The van der Waals surface area contributed by atoms with Crippen LogP contribution in [0, 0.1) is 11.8 Å². The molecule has 3 heteroatoms. The van der Waals surface area contributed by atoms with Gasteiger partial charge in [-0.1, -0.05) is 66.2 Å². The van der Waals surface area contributed by atoms with Crippen LogP contribution in [0.1, 0.15) is 98.3 Å². The van der Waals surface area contributed by atoms with Crippen molar-refractivity contribution in [3.8, 4) is 11.8 Å². The van der Waals surface area contributed by atoms with Gasteiger partial charge in [0.2, 0.25) is 0 Å². The topological polar surface area (TPSA) is 18.5 Å². The Morgan fingerprint density at radius 1 is 0.625 bits per heavy atom. The van der Waals surface area contributed by atoms with Crippen molar-refractivity contribution in [2.75, 3.05) is 13.2 Å². The third-order valence-corrected chi connectivity index (χ3v) is 8.17. The molecule has 24 heavy (non-hydrogen) atoms. The molecule has 0 bridgehead atoms. The van der Waals surface area contributed by atoms with Crippen LogP contribution >= 0.6 is 0 Å². The van der Waals surface area contributed by atoms with Gasteiger partial charge in [-0.2, -0.15) is 0 Å². The van der Waals surface area contributed by atoms with Crippen LogP contribution < -0.4 is 0 Å². The zero-order valence-electron chi connectivity index (χ0n) is 16.9. The summed E-state index contributed by atoms with van der Waals surface area (Å²) in [4.78, 5) is 0. The number of rotatable bonds is 16. The van der Waals surface area contributed by atoms with Gasteiger partial charge >= 0.3 is 8.56 Å². The fraction of sp³-hybridized carbons (Fsp3) is 0.905. The van der Waals surface area contributed by atoms with Gasteiger partial charge < -0.3 is 8.85 Å². The molecule has 0 aromatic heterocycles. The highest BCUT2D eigenvalue weighted by atomic mass is 28.4. The van der Waals surface area contributed by atoms with E-state index in [0.717, 1.165) is 38.1 Å². The van der Waals surface area contributed by atoms with E-state index in [1.54, 1.807) is 0 Å². The molecule has 0 aliphatic rings. The van der Waals surface area contributed by atoms with Gasteiger partial charge in [0.25, 0.3) is 0 Å². The second-order valence-electron chi connectivity index (χ2n) is 6.60. The molecule has 142 valence electrons. The minimum Gasteiger partial charge on any atom is -0.394 e. The molecule has 0 aromatic rings. The number of hydrogen-bond acceptors (Lipinski definition) is 2. The molecular weight excluding hydrogens is 312 g/mol. The van der Waals surface area contributed by atoms with Gasteiger partial charge in [0.15, 0.2) is 0 Å². The Morgan fingerprint density at radius 2 is 1.17 bits per heavy atom. The highest BCUT2D eigenvalue weighted by Gasteiger charge is 2.33. The second-order valence-corrected chi connectivity index (χ2v) is 10.4. The highest BCUT2D eigenvalue weighted by molar-refractivity contribution is 6.67. The van der Waals surface area contributed by atoms with E-state index in [2.05, 4.69) is 39.5 Å². The summed E-state index contributed by atoms with van der Waals surface area (Å²) in [5, 5.41) is 0. The van der Waals surface area contributed by atoms with Gasteiger partial charge in [-0.25, -0.2) is 0 Å². The smallest absolute Gasteiger partial charge is 0.337 e. The van der Waals surface area contributed by atoms with Crippen LogP contribution in [-0.2, 0) is 8.85 Å². The van der Waals surface area contributed by atoms with Crippen LogP contribution in [0.5, 0.6) is 0 Å². The average molecular weight is 355 g/mol. The largest absolute Gasteiger partial charge is 0.394 e. The summed E-state index contributed by atoms with van der Waals surface area (Å²) in [6, 6.07) is 2.16. The molecule has 0 unspecified atom stereocenters. The predicted octanol–water partition coefficient (Wildman–Crippen LogP) is 6.84. The summed E-state index contributed by atoms with van der Waals surface area (Å²) in [5.41, 5.74) is 0. The van der Waals surface area contributed by atoms with Gasteiger partial charge in [0.1, 0.15) is 0 Å². The molecule has 0 fully saturated rings. The Bertz CT molecular complexity index is 316. The first-order chi connectivity index (χ1) is 11.7. The van der Waals surface area contributed by atoms with E-state index in [4.69, 9.17) is 8.85 Å². The Labute approximate surface area is 153 Å². The molecule has 0 aliphatic heterocycles. The minimum atomic E-state index is -1.90. The van der Waals surface area contributed by atoms with E-state index >= 15 is 0 Å². The fourth-order valence-electron chi connectivity index (χ4n) is 2.80. The number of hydrogen-bond donors (Lipinski definition) is 0. The Kier molecular flexibility index (Phi) is 17.3. The molecule has 0 saturated carbocycles. The predicted molar refractivity (Wildman–Crippen MR) is 109 cm³/mol. The fourth-order valence-corrected chi connectivity index (χ4v) is 5.24. The Morgan fingerprint density at radius 3 is 1.71 bits per heavy atom. The van der Waals surface area contributed by atoms with E-state index in [1.165, 1.54) is 57.8 Å². The summed E-state index contributed by atoms with van der Waals surface area (Å²) in [6.07, 6.45) is 13.5. The van der Waals surface area contributed by atoms with Crippen LogP contribution in [0.15, 0.2) is 0 Å². The SMILES string of the molecule is CCC#CCCCCCCCCO[Si](CC)(CC)OCCCCC. The van der Waals surface area contributed by atoms with Gasteiger partial charge in [-0.15, -0.1) is 11.8 Å². The van der Waals surface area contributed by atoms with Crippen molar-refractivity contribution in [3.63, 3.8) is 0 Å². The molecule has 0 spiro atoms. The maximum absolute atomic E-state index is 6.28. The standard InChI is InChI=1S/C21H42O2Si/c1-5-9-11-12-13-14-15-16-17-19-21-23-24(7-3,8-4)22-20-18-10-6-2/h5-8,10,12-21H2,1-4H3. The number of unbranched alkanes of at least 4 members (excludes halogenated alkanes) is 8. The highest BCUT2D eigenvalue weighted by Crippen LogP contribution is 2.20. The van der Waals surface area contributed by atoms with Crippen LogP contribution in [0.2, 0.25) is 12.1 Å². The molecule has 0 heterocycles. The van der Waals surface area contributed by atoms with Gasteiger partial charge in [-0.05, 0) is 31.4 Å². The molecule has 0 N–H and O–H groups in total. The van der Waals surface area contributed by atoms with Crippen LogP contribution in [0.4, 0.5) is 0 Å². The Balaban J connectivity index is 3.66. The van der Waals surface area contributed by atoms with E-state index in [0.29, 0.717) is 0 Å². The summed E-state index contributed by atoms with van der Waals surface area (Å²) in [5.74, 6) is 6.36. The zero-order valence-corrected chi connectivity index (χ0v) is 17.9. The van der Waals surface area contributed by atoms with Crippen LogP contribution in [0.3, 0.4) is 0 Å². The maximum Gasteiger partial charge on any atom is 0.337 e. The molecule has 0 amide bonds. The first-order valence-corrected chi connectivity index (χ1v) is 12.7. The van der Waals surface area contributed by atoms with Crippen molar-refractivity contribution in [2.45, 2.75) is 110 Å². The summed E-state index contributed by atoms with van der Waals surface area (Å²) in [6.45, 7) is 10.6. The van der Waals surface area contributed by atoms with Crippen molar-refractivity contribution >= 4 is 8.56 Å². The molecule has 2 nitrogen and oxygen atoms in total. The quantitative estimate of drug-likeness (QED) is 0.172. The molecule has 0 radical (unpaired) electrons. The minimum absolute atomic E-state index is 0.892. The summed E-state index contributed by atoms with van der Waals surface area (Å²) in [7, 11) is -1.90. The lowest BCUT2D eigenvalue weighted by Gasteiger charge is -2.29. The first kappa shape index (κ1) is 23.7. The van der Waals surface area contributed by atoms with E-state index in [-0.39, 0.29) is 0 Å². The average Bonchev–Trinajstić information content (AvgIpc) is 2.61. The monoisotopic (exact) mass is 354 g/mol. The lowest BCUT2D eigenvalue weighted by atomic mass is 10.1. The van der Waals surface area contributed by atoms with E-state index in [1.807, 2.05) is 0 Å². The third-order valence-electron chi connectivity index (χ3n) is 4.55. The summed E-state index contributed by atoms with van der Waals surface area (Å²) < 4.78 is 12.5. The molecular formula is C21H42O2Si. The van der Waals surface area contributed by atoms with Crippen LogP contribution in [-0.4, -0.2) is 21.8 Å². The van der Waals surface area contributed by atoms with Crippen molar-refractivity contribution in [3.05, 3.63) is 0 Å². The van der Waals surface area contributed by atoms with Crippen molar-refractivity contribution in [2.24, 2.45) is 0 Å². The van der Waals surface area contributed by atoms with Gasteiger partial charge in [0, 0.05) is 26.1 Å². The molecule has 0 aliphatic carbocycles. The third kappa shape index (κ3) is 13.0. The van der Waals surface area contributed by atoms with E-state index in [9.17, 15) is 0 Å². The Hall–Kier alpha value is -0.303. The lowest BCUT2D eigenvalue weighted by Crippen LogP contribution is -2.41. The molecule has 0 atom stereocenters. The first-order valence-electron chi connectivity index (χ1n) is 10.5.